The van der Waals surface area contributed by atoms with E-state index < -0.39 is 10.0 Å². The van der Waals surface area contributed by atoms with Crippen LogP contribution >= 0.6 is 0 Å². The van der Waals surface area contributed by atoms with Gasteiger partial charge in [-0.15, -0.1) is 0 Å². The molecule has 0 spiro atoms. The van der Waals surface area contributed by atoms with Crippen molar-refractivity contribution in [2.45, 2.75) is 25.2 Å². The van der Waals surface area contributed by atoms with Crippen molar-refractivity contribution in [2.75, 3.05) is 17.1 Å². The minimum atomic E-state index is -3.81. The number of ether oxygens (including phenoxy) is 1. The van der Waals surface area contributed by atoms with E-state index >= 15 is 0 Å². The standard InChI is InChI=1S/C17H18N2O4S/c1-10-6-15(23-3)16(7-11(10)2)24(21,22)19-13-4-5-14-12(8-13)9-17(20)18-14/h4-8,19H,9H2,1-3H3,(H,18,20). The minimum Gasteiger partial charge on any atom is -0.495 e. The van der Waals surface area contributed by atoms with Gasteiger partial charge in [-0.05, 0) is 60.9 Å². The zero-order chi connectivity index (χ0) is 17.5. The van der Waals surface area contributed by atoms with Crippen molar-refractivity contribution in [1.82, 2.24) is 0 Å². The Bertz CT molecular complexity index is 936. The number of hydrogen-bond donors (Lipinski definition) is 2. The molecule has 2 N–H and O–H groups in total. The molecule has 0 bridgehead atoms. The first-order chi connectivity index (χ1) is 11.3. The molecule has 2 aromatic rings. The Morgan fingerprint density at radius 3 is 2.54 bits per heavy atom. The second-order valence-corrected chi connectivity index (χ2v) is 7.44. The van der Waals surface area contributed by atoms with Crippen molar-refractivity contribution in [3.8, 4) is 5.75 Å². The first kappa shape index (κ1) is 16.3. The molecular weight excluding hydrogens is 328 g/mol. The van der Waals surface area contributed by atoms with E-state index in [-0.39, 0.29) is 17.2 Å². The second kappa shape index (κ2) is 5.83. The highest BCUT2D eigenvalue weighted by molar-refractivity contribution is 7.92. The monoisotopic (exact) mass is 346 g/mol. The normalized spacial score (nSPS) is 13.4. The molecule has 2 aromatic carbocycles. The number of aryl methyl sites for hydroxylation is 2. The number of sulfonamides is 1. The Morgan fingerprint density at radius 1 is 1.12 bits per heavy atom. The van der Waals surface area contributed by atoms with Gasteiger partial charge in [0.15, 0.2) is 0 Å². The molecule has 1 heterocycles. The summed E-state index contributed by atoms with van der Waals surface area (Å²) in [5.41, 5.74) is 3.71. The van der Waals surface area contributed by atoms with E-state index in [0.29, 0.717) is 17.1 Å². The highest BCUT2D eigenvalue weighted by atomic mass is 32.2. The lowest BCUT2D eigenvalue weighted by molar-refractivity contribution is -0.115. The highest BCUT2D eigenvalue weighted by Gasteiger charge is 2.23. The van der Waals surface area contributed by atoms with Gasteiger partial charge in [0.1, 0.15) is 10.6 Å². The predicted molar refractivity (Wildman–Crippen MR) is 92.1 cm³/mol. The summed E-state index contributed by atoms with van der Waals surface area (Å²) in [5, 5.41) is 2.71. The molecule has 0 atom stereocenters. The summed E-state index contributed by atoms with van der Waals surface area (Å²) in [6.45, 7) is 3.74. The molecule has 1 aliphatic rings. The highest BCUT2D eigenvalue weighted by Crippen LogP contribution is 2.31. The summed E-state index contributed by atoms with van der Waals surface area (Å²) in [7, 11) is -2.37. The minimum absolute atomic E-state index is 0.0859. The maximum Gasteiger partial charge on any atom is 0.265 e. The van der Waals surface area contributed by atoms with E-state index in [4.69, 9.17) is 4.74 Å². The summed E-state index contributed by atoms with van der Waals surface area (Å²) in [5.74, 6) is 0.199. The van der Waals surface area contributed by atoms with Crippen molar-refractivity contribution in [2.24, 2.45) is 0 Å². The fraction of sp³-hybridized carbons (Fsp3) is 0.235. The van der Waals surface area contributed by atoms with Crippen molar-refractivity contribution in [3.63, 3.8) is 0 Å². The van der Waals surface area contributed by atoms with Gasteiger partial charge < -0.3 is 10.1 Å². The molecule has 7 heteroatoms. The van der Waals surface area contributed by atoms with Crippen LogP contribution < -0.4 is 14.8 Å². The smallest absolute Gasteiger partial charge is 0.265 e. The number of fused-ring (bicyclic) bond motifs is 1. The van der Waals surface area contributed by atoms with E-state index in [1.54, 1.807) is 30.3 Å². The van der Waals surface area contributed by atoms with Gasteiger partial charge in [0.2, 0.25) is 5.91 Å². The summed E-state index contributed by atoms with van der Waals surface area (Å²) in [6.07, 6.45) is 0.248. The Labute approximate surface area is 140 Å². The maximum absolute atomic E-state index is 12.7. The van der Waals surface area contributed by atoms with E-state index in [9.17, 15) is 13.2 Å². The van der Waals surface area contributed by atoms with E-state index in [1.807, 2.05) is 13.8 Å². The van der Waals surface area contributed by atoms with Gasteiger partial charge in [0, 0.05) is 11.4 Å². The second-order valence-electron chi connectivity index (χ2n) is 5.79. The van der Waals surface area contributed by atoms with Crippen LogP contribution in [0.25, 0.3) is 0 Å². The van der Waals surface area contributed by atoms with Gasteiger partial charge >= 0.3 is 0 Å². The summed E-state index contributed by atoms with van der Waals surface area (Å²) < 4.78 is 33.2. The van der Waals surface area contributed by atoms with Crippen LogP contribution in [0.4, 0.5) is 11.4 Å². The van der Waals surface area contributed by atoms with Crippen LogP contribution in [-0.2, 0) is 21.2 Å². The number of benzene rings is 2. The topological polar surface area (TPSA) is 84.5 Å². The summed E-state index contributed by atoms with van der Waals surface area (Å²) in [6, 6.07) is 8.27. The van der Waals surface area contributed by atoms with Crippen LogP contribution in [0.2, 0.25) is 0 Å². The summed E-state index contributed by atoms with van der Waals surface area (Å²) >= 11 is 0. The molecule has 6 nitrogen and oxygen atoms in total. The van der Waals surface area contributed by atoms with Crippen LogP contribution in [0.5, 0.6) is 5.75 Å². The molecule has 0 aliphatic carbocycles. The Hall–Kier alpha value is -2.54. The molecule has 0 saturated heterocycles. The summed E-state index contributed by atoms with van der Waals surface area (Å²) in [4.78, 5) is 11.5. The third-order valence-electron chi connectivity index (χ3n) is 4.05. The number of carbonyl (C=O) groups is 1. The Morgan fingerprint density at radius 2 is 1.83 bits per heavy atom. The van der Waals surface area contributed by atoms with E-state index in [0.717, 1.165) is 16.7 Å². The number of anilines is 2. The molecule has 1 amide bonds. The number of nitrogens with one attached hydrogen (secondary N) is 2. The number of amides is 1. The van der Waals surface area contributed by atoms with E-state index in [2.05, 4.69) is 10.0 Å². The lowest BCUT2D eigenvalue weighted by Crippen LogP contribution is -2.14. The van der Waals surface area contributed by atoms with Crippen LogP contribution in [0.3, 0.4) is 0 Å². The van der Waals surface area contributed by atoms with Crippen LogP contribution in [0, 0.1) is 13.8 Å². The molecule has 0 aromatic heterocycles. The fourth-order valence-corrected chi connectivity index (χ4v) is 3.92. The third kappa shape index (κ3) is 2.94. The lowest BCUT2D eigenvalue weighted by atomic mass is 10.1. The predicted octanol–water partition coefficient (Wildman–Crippen LogP) is 2.61. The third-order valence-corrected chi connectivity index (χ3v) is 5.45. The lowest BCUT2D eigenvalue weighted by Gasteiger charge is -2.14. The average Bonchev–Trinajstić information content (AvgIpc) is 2.88. The molecule has 3 rings (SSSR count). The van der Waals surface area contributed by atoms with Crippen molar-refractivity contribution >= 4 is 27.3 Å². The molecule has 1 aliphatic heterocycles. The van der Waals surface area contributed by atoms with E-state index in [1.165, 1.54) is 7.11 Å². The van der Waals surface area contributed by atoms with Crippen LogP contribution in [0.1, 0.15) is 16.7 Å². The average molecular weight is 346 g/mol. The van der Waals surface area contributed by atoms with Gasteiger partial charge in [-0.25, -0.2) is 8.42 Å². The van der Waals surface area contributed by atoms with Gasteiger partial charge in [-0.2, -0.15) is 0 Å². The van der Waals surface area contributed by atoms with Gasteiger partial charge in [0.05, 0.1) is 13.5 Å². The largest absolute Gasteiger partial charge is 0.495 e. The van der Waals surface area contributed by atoms with Crippen LogP contribution in [-0.4, -0.2) is 21.4 Å². The molecule has 0 unspecified atom stereocenters. The first-order valence-corrected chi connectivity index (χ1v) is 8.89. The fourth-order valence-electron chi connectivity index (χ4n) is 2.64. The van der Waals surface area contributed by atoms with Gasteiger partial charge in [-0.3, -0.25) is 9.52 Å². The number of hydrogen-bond acceptors (Lipinski definition) is 4. The quantitative estimate of drug-likeness (QED) is 0.891. The zero-order valence-corrected chi connectivity index (χ0v) is 14.5. The molecule has 0 fully saturated rings. The van der Waals surface area contributed by atoms with Crippen molar-refractivity contribution < 1.29 is 17.9 Å². The van der Waals surface area contributed by atoms with Crippen molar-refractivity contribution in [3.05, 3.63) is 47.0 Å². The van der Waals surface area contributed by atoms with Gasteiger partial charge in [0.25, 0.3) is 10.0 Å². The zero-order valence-electron chi connectivity index (χ0n) is 13.6. The first-order valence-electron chi connectivity index (χ1n) is 7.41. The SMILES string of the molecule is COc1cc(C)c(C)cc1S(=O)(=O)Nc1ccc2c(c1)CC(=O)N2. The number of carbonyl (C=O) groups excluding carboxylic acids is 1. The van der Waals surface area contributed by atoms with Crippen molar-refractivity contribution in [1.29, 1.82) is 0 Å². The number of methoxy groups -OCH3 is 1. The molecule has 126 valence electrons. The molecular formula is C17H18N2O4S. The Balaban J connectivity index is 1.97. The van der Waals surface area contributed by atoms with Gasteiger partial charge in [-0.1, -0.05) is 0 Å². The Kier molecular flexibility index (Phi) is 3.96. The molecule has 0 radical (unpaired) electrons. The molecule has 0 saturated carbocycles. The molecule has 24 heavy (non-hydrogen) atoms. The van der Waals surface area contributed by atoms with Crippen LogP contribution in [0.15, 0.2) is 35.2 Å². The number of rotatable bonds is 4. The maximum atomic E-state index is 12.7.